The molecule has 4 aliphatic heterocycles. The van der Waals surface area contributed by atoms with Gasteiger partial charge in [0.25, 0.3) is 0 Å². The van der Waals surface area contributed by atoms with E-state index in [4.69, 9.17) is 24.4 Å². The van der Waals surface area contributed by atoms with Crippen molar-refractivity contribution in [3.05, 3.63) is 72.1 Å². The molecular weight excluding hydrogens is 806 g/mol. The SMILES string of the molecule is CCO[C@H]1CN(C)C(=O)[C@@H]2C[C@@H](CN2c2nc(N3[C@H]4CC[C@@H]3C(=O)N(C3CC3)C4)nc3c2cnn3-c2ccc(F)cc2F)Oc2nccc(n2)-c2cc(F)cc3nc(C)n(c23)C1. The van der Waals surface area contributed by atoms with E-state index < -0.39 is 41.7 Å². The fourth-order valence-electron chi connectivity index (χ4n) is 9.95. The zero-order valence-corrected chi connectivity index (χ0v) is 34.3. The van der Waals surface area contributed by atoms with Crippen molar-refractivity contribution in [1.29, 1.82) is 0 Å². The van der Waals surface area contributed by atoms with Crippen molar-refractivity contribution < 1.29 is 32.2 Å². The Bertz CT molecular complexity index is 2800. The molecule has 3 saturated heterocycles. The van der Waals surface area contributed by atoms with E-state index in [1.165, 1.54) is 29.1 Å². The molecule has 0 spiro atoms. The number of carbonyl (C=O) groups excluding carboxylic acids is 2. The number of benzene rings is 2. The second kappa shape index (κ2) is 14.6. The third-order valence-corrected chi connectivity index (χ3v) is 12.9. The summed E-state index contributed by atoms with van der Waals surface area (Å²) in [7, 11) is 1.73. The van der Waals surface area contributed by atoms with Gasteiger partial charge in [0.2, 0.25) is 17.8 Å². The van der Waals surface area contributed by atoms with Crippen LogP contribution in [0.5, 0.6) is 6.01 Å². The summed E-state index contributed by atoms with van der Waals surface area (Å²) in [5.74, 6) is -1.03. The van der Waals surface area contributed by atoms with Crippen LogP contribution in [0.1, 0.15) is 44.9 Å². The molecule has 2 aromatic carbocycles. The number of ether oxygens (including phenoxy) is 2. The maximum atomic E-state index is 15.5. The van der Waals surface area contributed by atoms with Crippen molar-refractivity contribution >= 4 is 45.6 Å². The van der Waals surface area contributed by atoms with Crippen molar-refractivity contribution in [2.75, 3.05) is 43.1 Å². The van der Waals surface area contributed by atoms with E-state index in [0.717, 1.165) is 31.4 Å². The minimum absolute atomic E-state index is 0.0307. The van der Waals surface area contributed by atoms with Gasteiger partial charge in [-0.2, -0.15) is 20.1 Å². The van der Waals surface area contributed by atoms with Gasteiger partial charge in [-0.05, 0) is 63.8 Å². The van der Waals surface area contributed by atoms with E-state index in [1.807, 2.05) is 33.1 Å². The predicted octanol–water partition coefficient (Wildman–Crippen LogP) is 4.59. The number of imidazole rings is 1. The largest absolute Gasteiger partial charge is 0.458 e. The van der Waals surface area contributed by atoms with Crippen molar-refractivity contribution in [1.82, 2.24) is 49.1 Å². The van der Waals surface area contributed by atoms with Gasteiger partial charge in [-0.25, -0.2) is 27.8 Å². The molecule has 4 aromatic heterocycles. The van der Waals surface area contributed by atoms with Gasteiger partial charge in [0.15, 0.2) is 11.5 Å². The Labute approximate surface area is 353 Å². The fourth-order valence-corrected chi connectivity index (χ4v) is 9.95. The standard InChI is InChI=1S/C43H43F3N12O4/c1-4-61-28-19-53(3)40(59)36-16-27(62-43-47-12-11-32(50-43)29-13-24(45)15-33-37(29)54(21-28)22(2)49-33)20-56(36)38-30-17-48-58(34-9-5-23(44)14-31(34)46)39(30)52-42(51-38)57-26-8-10-35(57)41(60)55(18-26)25-6-7-25/h5,9,11-15,17,25-28,35-36H,4,6-8,10,16,18-21H2,1-3H3/t26-,27-,28-,35+,36-/m0/s1. The number of piperazine rings is 1. The van der Waals surface area contributed by atoms with Gasteiger partial charge in [-0.1, -0.05) is 0 Å². The van der Waals surface area contributed by atoms with E-state index in [9.17, 15) is 14.0 Å². The minimum atomic E-state index is -0.842. The van der Waals surface area contributed by atoms with E-state index in [-0.39, 0.29) is 66.7 Å². The van der Waals surface area contributed by atoms with Crippen LogP contribution < -0.4 is 14.5 Å². The number of aryl methyl sites for hydroxylation is 1. The second-order valence-electron chi connectivity index (χ2n) is 16.9. The van der Waals surface area contributed by atoms with Crippen molar-refractivity contribution in [2.45, 2.75) is 88.9 Å². The maximum Gasteiger partial charge on any atom is 0.317 e. The Morgan fingerprint density at radius 1 is 0.855 bits per heavy atom. The molecule has 5 aliphatic rings. The number of likely N-dealkylation sites (tertiary alicyclic amines) is 1. The molecule has 19 heteroatoms. The first-order valence-electron chi connectivity index (χ1n) is 21.1. The van der Waals surface area contributed by atoms with Crippen molar-refractivity contribution in [3.63, 3.8) is 0 Å². The van der Waals surface area contributed by atoms with Crippen LogP contribution in [0.25, 0.3) is 39.0 Å². The van der Waals surface area contributed by atoms with Gasteiger partial charge in [0, 0.05) is 63.1 Å². The van der Waals surface area contributed by atoms with Gasteiger partial charge in [0.05, 0.1) is 53.5 Å². The number of amides is 2. The number of fused-ring (bicyclic) bond motifs is 8. The number of halogens is 3. The van der Waals surface area contributed by atoms with Gasteiger partial charge in [-0.15, -0.1) is 0 Å². The fraction of sp³-hybridized carbons (Fsp3) is 0.442. The average Bonchev–Trinajstić information content (AvgIpc) is 3.55. The van der Waals surface area contributed by atoms with Crippen LogP contribution in [0.3, 0.4) is 0 Å². The van der Waals surface area contributed by atoms with Crippen LogP contribution in [0.4, 0.5) is 24.9 Å². The average molecular weight is 849 g/mol. The summed E-state index contributed by atoms with van der Waals surface area (Å²) in [5, 5.41) is 4.96. The van der Waals surface area contributed by atoms with Crippen molar-refractivity contribution in [2.24, 2.45) is 0 Å². The third-order valence-electron chi connectivity index (χ3n) is 12.9. The summed E-state index contributed by atoms with van der Waals surface area (Å²) in [5.41, 5.74) is 2.25. The number of carbonyl (C=O) groups is 2. The lowest BCUT2D eigenvalue weighted by Crippen LogP contribution is -2.58. The second-order valence-corrected chi connectivity index (χ2v) is 16.9. The molecule has 0 radical (unpaired) electrons. The topological polar surface area (TPSA) is 153 Å². The third kappa shape index (κ3) is 6.38. The monoisotopic (exact) mass is 848 g/mol. The highest BCUT2D eigenvalue weighted by Gasteiger charge is 2.51. The van der Waals surface area contributed by atoms with Gasteiger partial charge >= 0.3 is 6.01 Å². The van der Waals surface area contributed by atoms with Crippen LogP contribution in [0, 0.1) is 24.4 Å². The molecule has 1 aliphatic carbocycles. The molecule has 11 rings (SSSR count). The Morgan fingerprint density at radius 2 is 1.69 bits per heavy atom. The predicted molar refractivity (Wildman–Crippen MR) is 219 cm³/mol. The smallest absolute Gasteiger partial charge is 0.317 e. The molecule has 320 valence electrons. The van der Waals surface area contributed by atoms with E-state index >= 15 is 8.78 Å². The zero-order valence-electron chi connectivity index (χ0n) is 34.3. The quantitative estimate of drug-likeness (QED) is 0.231. The van der Waals surface area contributed by atoms with Crippen LogP contribution in [0.2, 0.25) is 0 Å². The normalized spacial score (nSPS) is 24.0. The molecule has 16 nitrogen and oxygen atoms in total. The van der Waals surface area contributed by atoms with Crippen LogP contribution in [-0.4, -0.2) is 131 Å². The summed E-state index contributed by atoms with van der Waals surface area (Å²) in [4.78, 5) is 60.4. The molecule has 1 saturated carbocycles. The highest BCUT2D eigenvalue weighted by Crippen LogP contribution is 2.42. The number of likely N-dealkylation sites (N-methyl/N-ethyl adjacent to an activating group) is 1. The number of aromatic nitrogens is 8. The molecule has 5 atom stereocenters. The zero-order chi connectivity index (χ0) is 42.6. The summed E-state index contributed by atoms with van der Waals surface area (Å²) in [6.07, 6.45) is 5.50. The van der Waals surface area contributed by atoms with Crippen molar-refractivity contribution in [3.8, 4) is 23.0 Å². The molecule has 6 bridgehead atoms. The highest BCUT2D eigenvalue weighted by atomic mass is 19.1. The molecule has 0 unspecified atom stereocenters. The van der Waals surface area contributed by atoms with Crippen LogP contribution in [-0.2, 0) is 20.9 Å². The summed E-state index contributed by atoms with van der Waals surface area (Å²) >= 11 is 0. The van der Waals surface area contributed by atoms with Crippen LogP contribution in [0.15, 0.2) is 48.8 Å². The molecule has 6 aromatic rings. The van der Waals surface area contributed by atoms with Gasteiger partial charge < -0.3 is 33.6 Å². The molecule has 8 heterocycles. The van der Waals surface area contributed by atoms with E-state index in [2.05, 4.69) is 15.1 Å². The highest BCUT2D eigenvalue weighted by molar-refractivity contribution is 5.95. The van der Waals surface area contributed by atoms with E-state index in [0.29, 0.717) is 65.4 Å². The number of nitrogens with zero attached hydrogens (tertiary/aromatic N) is 12. The summed E-state index contributed by atoms with van der Waals surface area (Å²) < 4.78 is 60.9. The Balaban J connectivity index is 1.05. The van der Waals surface area contributed by atoms with Gasteiger partial charge in [0.1, 0.15) is 47.2 Å². The molecule has 62 heavy (non-hydrogen) atoms. The lowest BCUT2D eigenvalue weighted by Gasteiger charge is -2.41. The molecular formula is C43H43F3N12O4. The Hall–Kier alpha value is -6.37. The lowest BCUT2D eigenvalue weighted by molar-refractivity contribution is -0.134. The maximum absolute atomic E-state index is 15.5. The first-order valence-corrected chi connectivity index (χ1v) is 21.1. The first-order chi connectivity index (χ1) is 30.0. The number of hydrogen-bond acceptors (Lipinski definition) is 12. The lowest BCUT2D eigenvalue weighted by atomic mass is 10.1. The number of hydrogen-bond donors (Lipinski definition) is 0. The first kappa shape index (κ1) is 38.5. The van der Waals surface area contributed by atoms with E-state index in [1.54, 1.807) is 24.2 Å². The van der Waals surface area contributed by atoms with Crippen LogP contribution >= 0.6 is 0 Å². The summed E-state index contributed by atoms with van der Waals surface area (Å²) in [6, 6.07) is 6.63. The Morgan fingerprint density at radius 3 is 2.50 bits per heavy atom. The number of rotatable bonds is 6. The van der Waals surface area contributed by atoms with Gasteiger partial charge in [-0.3, -0.25) is 9.59 Å². The Kier molecular flexibility index (Phi) is 9.10. The summed E-state index contributed by atoms with van der Waals surface area (Å²) in [6.45, 7) is 5.30. The molecule has 0 N–H and O–H groups in total. The molecule has 4 fully saturated rings. The number of anilines is 2. The minimum Gasteiger partial charge on any atom is -0.458 e. The molecule has 2 amide bonds.